The molecule has 2 unspecified atom stereocenters. The second-order valence-corrected chi connectivity index (χ2v) is 6.57. The third kappa shape index (κ3) is 2.96. The van der Waals surface area contributed by atoms with Crippen LogP contribution in [-0.2, 0) is 6.54 Å². The summed E-state index contributed by atoms with van der Waals surface area (Å²) in [6, 6.07) is 6.26. The molecule has 2 saturated heterocycles. The minimum absolute atomic E-state index is 0.840. The Morgan fingerprint density at radius 1 is 1.37 bits per heavy atom. The smallest absolute Gasteiger partial charge is 0.123 e. The van der Waals surface area contributed by atoms with Crippen molar-refractivity contribution >= 4 is 15.9 Å². The molecule has 104 valence electrons. The zero-order valence-corrected chi connectivity index (χ0v) is 12.9. The van der Waals surface area contributed by atoms with Crippen molar-refractivity contribution in [3.8, 4) is 5.75 Å². The number of methoxy groups -OCH3 is 1. The van der Waals surface area contributed by atoms with Crippen LogP contribution in [0.5, 0.6) is 5.75 Å². The molecule has 0 bridgehead atoms. The molecule has 0 aromatic heterocycles. The summed E-state index contributed by atoms with van der Waals surface area (Å²) in [6.07, 6.45) is 1.33. The van der Waals surface area contributed by atoms with E-state index in [1.165, 1.54) is 38.2 Å². The van der Waals surface area contributed by atoms with E-state index >= 15 is 0 Å². The molecule has 1 aromatic carbocycles. The van der Waals surface area contributed by atoms with Gasteiger partial charge in [-0.05, 0) is 56.1 Å². The van der Waals surface area contributed by atoms with E-state index in [1.54, 1.807) is 7.11 Å². The summed E-state index contributed by atoms with van der Waals surface area (Å²) in [5.74, 6) is 2.74. The first kappa shape index (κ1) is 13.4. The SMILES string of the molecule is COc1ccc(Br)cc1CN1CCC2CNCC2C1. The highest BCUT2D eigenvalue weighted by atomic mass is 79.9. The van der Waals surface area contributed by atoms with E-state index in [9.17, 15) is 0 Å². The fourth-order valence-electron chi connectivity index (χ4n) is 3.37. The molecule has 2 heterocycles. The van der Waals surface area contributed by atoms with Crippen LogP contribution < -0.4 is 10.1 Å². The number of hydrogen-bond donors (Lipinski definition) is 1. The highest BCUT2D eigenvalue weighted by molar-refractivity contribution is 9.10. The van der Waals surface area contributed by atoms with Gasteiger partial charge >= 0.3 is 0 Å². The van der Waals surface area contributed by atoms with Crippen LogP contribution in [0.2, 0.25) is 0 Å². The molecule has 2 fully saturated rings. The van der Waals surface area contributed by atoms with Gasteiger partial charge in [-0.3, -0.25) is 4.90 Å². The molecule has 2 aliphatic heterocycles. The number of piperidine rings is 1. The Morgan fingerprint density at radius 2 is 2.21 bits per heavy atom. The number of nitrogens with zero attached hydrogens (tertiary/aromatic N) is 1. The molecular formula is C15H21BrN2O. The van der Waals surface area contributed by atoms with Gasteiger partial charge in [0, 0.05) is 23.1 Å². The molecule has 1 N–H and O–H groups in total. The van der Waals surface area contributed by atoms with Gasteiger partial charge in [0.15, 0.2) is 0 Å². The summed E-state index contributed by atoms with van der Waals surface area (Å²) in [6.45, 7) is 5.83. The van der Waals surface area contributed by atoms with Gasteiger partial charge in [0.2, 0.25) is 0 Å². The molecule has 0 spiro atoms. The van der Waals surface area contributed by atoms with Crippen LogP contribution in [0.1, 0.15) is 12.0 Å². The summed E-state index contributed by atoms with van der Waals surface area (Å²) in [5.41, 5.74) is 1.28. The van der Waals surface area contributed by atoms with Gasteiger partial charge in [0.05, 0.1) is 7.11 Å². The maximum Gasteiger partial charge on any atom is 0.123 e. The maximum absolute atomic E-state index is 5.47. The summed E-state index contributed by atoms with van der Waals surface area (Å²) in [7, 11) is 1.75. The van der Waals surface area contributed by atoms with Crippen LogP contribution in [0, 0.1) is 11.8 Å². The molecule has 0 aliphatic carbocycles. The predicted molar refractivity (Wildman–Crippen MR) is 80.4 cm³/mol. The van der Waals surface area contributed by atoms with Gasteiger partial charge in [0.1, 0.15) is 5.75 Å². The van der Waals surface area contributed by atoms with Crippen molar-refractivity contribution in [1.82, 2.24) is 10.2 Å². The Morgan fingerprint density at radius 3 is 3.05 bits per heavy atom. The standard InChI is InChI=1S/C15H21BrN2O/c1-19-15-3-2-14(16)6-12(15)9-18-5-4-11-7-17-8-13(11)10-18/h2-3,6,11,13,17H,4-5,7-10H2,1H3. The largest absolute Gasteiger partial charge is 0.496 e. The molecule has 4 heteroatoms. The molecule has 2 aliphatic rings. The van der Waals surface area contributed by atoms with E-state index in [2.05, 4.69) is 32.2 Å². The van der Waals surface area contributed by atoms with Crippen molar-refractivity contribution in [1.29, 1.82) is 0 Å². The predicted octanol–water partition coefficient (Wildman–Crippen LogP) is 2.50. The molecular weight excluding hydrogens is 304 g/mol. The molecule has 2 atom stereocenters. The number of hydrogen-bond acceptors (Lipinski definition) is 3. The van der Waals surface area contributed by atoms with E-state index in [0.29, 0.717) is 0 Å². The summed E-state index contributed by atoms with van der Waals surface area (Å²) >= 11 is 3.55. The number of benzene rings is 1. The Hall–Kier alpha value is -0.580. The normalized spacial score (nSPS) is 27.3. The lowest BCUT2D eigenvalue weighted by molar-refractivity contribution is 0.141. The molecule has 3 nitrogen and oxygen atoms in total. The zero-order chi connectivity index (χ0) is 13.2. The zero-order valence-electron chi connectivity index (χ0n) is 11.4. The first-order chi connectivity index (χ1) is 9.26. The number of likely N-dealkylation sites (tertiary alicyclic amines) is 1. The van der Waals surface area contributed by atoms with Crippen molar-refractivity contribution in [3.05, 3.63) is 28.2 Å². The molecule has 0 radical (unpaired) electrons. The molecule has 1 aromatic rings. The highest BCUT2D eigenvalue weighted by Crippen LogP contribution is 2.30. The van der Waals surface area contributed by atoms with Gasteiger partial charge in [-0.25, -0.2) is 0 Å². The average molecular weight is 325 g/mol. The van der Waals surface area contributed by atoms with Gasteiger partial charge < -0.3 is 10.1 Å². The van der Waals surface area contributed by atoms with Crippen molar-refractivity contribution in [2.45, 2.75) is 13.0 Å². The number of nitrogens with one attached hydrogen (secondary N) is 1. The van der Waals surface area contributed by atoms with E-state index in [4.69, 9.17) is 4.74 Å². The second kappa shape index (κ2) is 5.81. The Labute approximate surface area is 123 Å². The third-order valence-electron chi connectivity index (χ3n) is 4.42. The average Bonchev–Trinajstić information content (AvgIpc) is 2.86. The Balaban J connectivity index is 1.69. The topological polar surface area (TPSA) is 24.5 Å². The highest BCUT2D eigenvalue weighted by Gasteiger charge is 2.32. The van der Waals surface area contributed by atoms with Gasteiger partial charge in [-0.2, -0.15) is 0 Å². The van der Waals surface area contributed by atoms with Crippen LogP contribution in [0.3, 0.4) is 0 Å². The van der Waals surface area contributed by atoms with E-state index in [1.807, 2.05) is 12.1 Å². The van der Waals surface area contributed by atoms with Crippen molar-refractivity contribution < 1.29 is 4.74 Å². The lowest BCUT2D eigenvalue weighted by atomic mass is 9.88. The van der Waals surface area contributed by atoms with Crippen molar-refractivity contribution in [2.75, 3.05) is 33.3 Å². The van der Waals surface area contributed by atoms with Gasteiger partial charge in [-0.15, -0.1) is 0 Å². The van der Waals surface area contributed by atoms with Crippen LogP contribution in [0.4, 0.5) is 0 Å². The fourth-order valence-corrected chi connectivity index (χ4v) is 3.77. The summed E-state index contributed by atoms with van der Waals surface area (Å²) in [5, 5.41) is 3.52. The fraction of sp³-hybridized carbons (Fsp3) is 0.600. The molecule has 19 heavy (non-hydrogen) atoms. The lowest BCUT2D eigenvalue weighted by Gasteiger charge is -2.34. The van der Waals surface area contributed by atoms with Crippen LogP contribution in [0.25, 0.3) is 0 Å². The quantitative estimate of drug-likeness (QED) is 0.924. The molecule has 0 amide bonds. The first-order valence-electron chi connectivity index (χ1n) is 7.02. The second-order valence-electron chi connectivity index (χ2n) is 5.66. The maximum atomic E-state index is 5.47. The van der Waals surface area contributed by atoms with Crippen LogP contribution in [-0.4, -0.2) is 38.2 Å². The minimum Gasteiger partial charge on any atom is -0.496 e. The summed E-state index contributed by atoms with van der Waals surface area (Å²) < 4.78 is 6.59. The number of ether oxygens (including phenoxy) is 1. The first-order valence-corrected chi connectivity index (χ1v) is 7.81. The van der Waals surface area contributed by atoms with E-state index in [0.717, 1.165) is 28.6 Å². The van der Waals surface area contributed by atoms with Gasteiger partial charge in [0.25, 0.3) is 0 Å². The van der Waals surface area contributed by atoms with Gasteiger partial charge in [-0.1, -0.05) is 15.9 Å². The van der Waals surface area contributed by atoms with Crippen molar-refractivity contribution in [2.24, 2.45) is 11.8 Å². The number of rotatable bonds is 3. The molecule has 3 rings (SSSR count). The number of fused-ring (bicyclic) bond motifs is 1. The van der Waals surface area contributed by atoms with Crippen LogP contribution >= 0.6 is 15.9 Å². The summed E-state index contributed by atoms with van der Waals surface area (Å²) in [4.78, 5) is 2.57. The monoisotopic (exact) mass is 324 g/mol. The van der Waals surface area contributed by atoms with E-state index in [-0.39, 0.29) is 0 Å². The van der Waals surface area contributed by atoms with Crippen LogP contribution in [0.15, 0.2) is 22.7 Å². The van der Waals surface area contributed by atoms with E-state index < -0.39 is 0 Å². The number of halogens is 1. The molecule has 0 saturated carbocycles. The lowest BCUT2D eigenvalue weighted by Crippen LogP contribution is -2.39. The van der Waals surface area contributed by atoms with Crippen molar-refractivity contribution in [3.63, 3.8) is 0 Å². The minimum atomic E-state index is 0.840. The third-order valence-corrected chi connectivity index (χ3v) is 4.92. The Kier molecular flexibility index (Phi) is 4.10. The Bertz CT molecular complexity index is 452.